The topological polar surface area (TPSA) is 180 Å². The first kappa shape index (κ1) is 305. The van der Waals surface area contributed by atoms with Crippen molar-refractivity contribution in [3.05, 3.63) is 0 Å². The van der Waals surface area contributed by atoms with E-state index in [1.807, 2.05) is 0 Å². The molecule has 0 rings (SSSR count). The van der Waals surface area contributed by atoms with Gasteiger partial charge in [-0.3, -0.25) is 0 Å². The van der Waals surface area contributed by atoms with Crippen LogP contribution in [0.25, 0.3) is 0 Å². The maximum Gasteiger partial charge on any atom is 3.00 e. The molecule has 0 saturated carbocycles. The molecule has 0 bridgehead atoms. The molecule has 0 aromatic rings. The van der Waals surface area contributed by atoms with Crippen LogP contribution in [-0.4, -0.2) is 32.9 Å². The second-order valence-electron chi connectivity index (χ2n) is 0. The third kappa shape index (κ3) is 141. The Balaban J connectivity index is 0. The predicted octanol–water partition coefficient (Wildman–Crippen LogP) is -1.07. The van der Waals surface area contributed by atoms with Crippen molar-refractivity contribution in [1.29, 1.82) is 0 Å². The molecule has 6 nitrogen and oxygen atoms in total. The van der Waals surface area contributed by atoms with Gasteiger partial charge in [-0.15, -0.1) is 0 Å². The molecule has 0 spiro atoms. The van der Waals surface area contributed by atoms with Crippen LogP contribution in [0.5, 0.6) is 0 Å². The van der Waals surface area contributed by atoms with Crippen molar-refractivity contribution in [2.45, 2.75) is 0 Å². The van der Waals surface area contributed by atoms with E-state index in [1.165, 1.54) is 0 Å². The minimum Gasteiger partial charge on any atom is -0.870 e. The van der Waals surface area contributed by atoms with Gasteiger partial charge in [-0.1, -0.05) is 0 Å². The van der Waals surface area contributed by atoms with Crippen LogP contribution in [0.1, 0.15) is 0 Å². The Morgan fingerprint density at radius 3 is 0.250 bits per heavy atom. The Labute approximate surface area is 84.1 Å². The third-order valence-corrected chi connectivity index (χ3v) is 0. The van der Waals surface area contributed by atoms with Crippen LogP contribution >= 0.6 is 0 Å². The van der Waals surface area contributed by atoms with Gasteiger partial charge in [0.25, 0.3) is 0 Å². The SMILES string of the molecule is [OH-].[OH-].[OH-].[OH-].[OH-].[OH-].[Sc+3].[Sc+3]. The van der Waals surface area contributed by atoms with Crippen LogP contribution < -0.4 is 0 Å². The van der Waals surface area contributed by atoms with Crippen molar-refractivity contribution in [2.75, 3.05) is 0 Å². The summed E-state index contributed by atoms with van der Waals surface area (Å²) in [5.74, 6) is 0. The minimum absolute atomic E-state index is 0. The normalized spacial score (nSPS) is 0. The van der Waals surface area contributed by atoms with Crippen molar-refractivity contribution >= 4 is 0 Å². The summed E-state index contributed by atoms with van der Waals surface area (Å²) in [7, 11) is 0. The number of rotatable bonds is 0. The van der Waals surface area contributed by atoms with Crippen LogP contribution in [0.4, 0.5) is 0 Å². The van der Waals surface area contributed by atoms with Gasteiger partial charge in [0, 0.05) is 0 Å². The molecule has 0 aliphatic rings. The molecule has 0 unspecified atom stereocenters. The fourth-order valence-corrected chi connectivity index (χ4v) is 0. The van der Waals surface area contributed by atoms with Crippen LogP contribution in [0.3, 0.4) is 0 Å². The Kier molecular flexibility index (Phi) is 8100. The molecule has 8 heavy (non-hydrogen) atoms. The molecule has 0 heterocycles. The molecule has 0 aromatic carbocycles. The summed E-state index contributed by atoms with van der Waals surface area (Å²) in [6.45, 7) is 0. The maximum atomic E-state index is 0. The number of hydrogen-bond donors (Lipinski definition) is 0. The van der Waals surface area contributed by atoms with Crippen molar-refractivity contribution < 1.29 is 84.5 Å². The number of hydrogen-bond acceptors (Lipinski definition) is 6. The summed E-state index contributed by atoms with van der Waals surface area (Å²) in [5, 5.41) is 0. The molecular weight excluding hydrogens is 186 g/mol. The smallest absolute Gasteiger partial charge is 0.870 e. The molecule has 8 heteroatoms. The molecule has 0 aromatic heterocycles. The van der Waals surface area contributed by atoms with E-state index >= 15 is 0 Å². The minimum atomic E-state index is 0. The Hall–Kier alpha value is 1.50. The Morgan fingerprint density at radius 1 is 0.250 bits per heavy atom. The standard InChI is InChI=1S/6H2O.2Sc/h6*1H2;;/q;;;;;;2*+3/p-6. The van der Waals surface area contributed by atoms with E-state index < -0.39 is 0 Å². The van der Waals surface area contributed by atoms with Gasteiger partial charge in [-0.25, -0.2) is 0 Å². The van der Waals surface area contributed by atoms with Crippen LogP contribution in [0.2, 0.25) is 0 Å². The second kappa shape index (κ2) is 212. The van der Waals surface area contributed by atoms with Crippen molar-refractivity contribution in [1.82, 2.24) is 0 Å². The zero-order valence-electron chi connectivity index (χ0n) is 3.84. The first-order chi connectivity index (χ1) is 0. The first-order valence-electron chi connectivity index (χ1n) is 0. The second-order valence-corrected chi connectivity index (χ2v) is 0. The zero-order chi connectivity index (χ0) is 0. The molecule has 6 N–H and O–H groups in total. The van der Waals surface area contributed by atoms with E-state index in [-0.39, 0.29) is 84.5 Å². The monoisotopic (exact) mass is 192 g/mol. The van der Waals surface area contributed by atoms with Crippen LogP contribution in [0.15, 0.2) is 0 Å². The van der Waals surface area contributed by atoms with Crippen LogP contribution in [-0.2, 0) is 51.7 Å². The zero-order valence-corrected chi connectivity index (χ0v) is 7.44. The van der Waals surface area contributed by atoms with E-state index in [2.05, 4.69) is 0 Å². The van der Waals surface area contributed by atoms with Gasteiger partial charge < -0.3 is 32.9 Å². The summed E-state index contributed by atoms with van der Waals surface area (Å²) in [4.78, 5) is 0. The van der Waals surface area contributed by atoms with Crippen molar-refractivity contribution in [3.8, 4) is 0 Å². The molecular formula is H6O6Sc2. The Bertz CT molecular complexity index is 6.49. The summed E-state index contributed by atoms with van der Waals surface area (Å²) in [5.41, 5.74) is 0. The molecule has 0 aliphatic carbocycles. The van der Waals surface area contributed by atoms with E-state index in [0.29, 0.717) is 0 Å². The fourth-order valence-electron chi connectivity index (χ4n) is 0. The summed E-state index contributed by atoms with van der Waals surface area (Å²) >= 11 is 0. The van der Waals surface area contributed by atoms with Crippen molar-refractivity contribution in [3.63, 3.8) is 0 Å². The summed E-state index contributed by atoms with van der Waals surface area (Å²) in [6.07, 6.45) is 0. The molecule has 48 valence electrons. The van der Waals surface area contributed by atoms with Gasteiger partial charge in [0.05, 0.1) is 0 Å². The van der Waals surface area contributed by atoms with Crippen molar-refractivity contribution in [2.24, 2.45) is 0 Å². The Morgan fingerprint density at radius 2 is 0.250 bits per heavy atom. The average molecular weight is 192 g/mol. The fraction of sp³-hybridized carbons (Fsp3) is 0. The molecule has 0 radical (unpaired) electrons. The van der Waals surface area contributed by atoms with Gasteiger partial charge >= 0.3 is 51.7 Å². The van der Waals surface area contributed by atoms with Gasteiger partial charge in [-0.05, 0) is 0 Å². The van der Waals surface area contributed by atoms with E-state index in [1.54, 1.807) is 0 Å². The van der Waals surface area contributed by atoms with Gasteiger partial charge in [0.1, 0.15) is 0 Å². The van der Waals surface area contributed by atoms with Gasteiger partial charge in [0.2, 0.25) is 0 Å². The van der Waals surface area contributed by atoms with E-state index in [9.17, 15) is 0 Å². The first-order valence-corrected chi connectivity index (χ1v) is 0. The van der Waals surface area contributed by atoms with E-state index in [4.69, 9.17) is 0 Å². The molecule has 0 saturated heterocycles. The quantitative estimate of drug-likeness (QED) is 0.470. The largest absolute Gasteiger partial charge is 3.00 e. The third-order valence-electron chi connectivity index (χ3n) is 0. The molecule has 0 fully saturated rings. The summed E-state index contributed by atoms with van der Waals surface area (Å²) in [6, 6.07) is 0. The summed E-state index contributed by atoms with van der Waals surface area (Å²) < 4.78 is 0. The molecule has 0 atom stereocenters. The molecule has 0 amide bonds. The van der Waals surface area contributed by atoms with Gasteiger partial charge in [-0.2, -0.15) is 0 Å². The molecule has 0 aliphatic heterocycles. The van der Waals surface area contributed by atoms with Crippen LogP contribution in [0, 0.1) is 0 Å². The predicted molar refractivity (Wildman–Crippen MR) is 11.6 cm³/mol. The average Bonchev–Trinajstić information content (AvgIpc) is 0. The van der Waals surface area contributed by atoms with E-state index in [0.717, 1.165) is 0 Å². The maximum absolute atomic E-state index is 0. The van der Waals surface area contributed by atoms with Gasteiger partial charge in [0.15, 0.2) is 0 Å².